The Hall–Kier alpha value is -1.58. The van der Waals surface area contributed by atoms with E-state index in [1.807, 2.05) is 20.8 Å². The van der Waals surface area contributed by atoms with Gasteiger partial charge in [-0.2, -0.15) is 5.26 Å². The first kappa shape index (κ1) is 18.8. The topological polar surface area (TPSA) is 72.1 Å². The van der Waals surface area contributed by atoms with Gasteiger partial charge in [0.05, 0.1) is 11.6 Å². The minimum atomic E-state index is -1.52. The highest BCUT2D eigenvalue weighted by Gasteiger charge is 2.28. The minimum absolute atomic E-state index is 0.196. The second kappa shape index (κ2) is 7.54. The molecular formula is C17H15Cl2N3OS. The Bertz CT molecular complexity index is 805. The van der Waals surface area contributed by atoms with Crippen molar-refractivity contribution in [3.8, 4) is 6.07 Å². The van der Waals surface area contributed by atoms with Gasteiger partial charge in [-0.1, -0.05) is 45.8 Å². The third-order valence-electron chi connectivity index (χ3n) is 3.04. The monoisotopic (exact) mass is 379 g/mol. The molecule has 7 heteroatoms. The van der Waals surface area contributed by atoms with Crippen molar-refractivity contribution >= 4 is 40.3 Å². The molecule has 0 N–H and O–H groups in total. The molecule has 124 valence electrons. The molecule has 1 atom stereocenters. The van der Waals surface area contributed by atoms with Crippen LogP contribution in [-0.2, 0) is 11.4 Å². The number of nitrogens with zero attached hydrogens (tertiary/aromatic N) is 3. The molecule has 1 heterocycles. The van der Waals surface area contributed by atoms with Gasteiger partial charge < -0.3 is 4.55 Å². The van der Waals surface area contributed by atoms with Crippen molar-refractivity contribution in [2.75, 3.05) is 0 Å². The molecule has 0 saturated heterocycles. The third-order valence-corrected chi connectivity index (χ3v) is 4.82. The van der Waals surface area contributed by atoms with E-state index in [1.165, 1.54) is 0 Å². The van der Waals surface area contributed by atoms with E-state index in [0.29, 0.717) is 22.4 Å². The fraction of sp³-hybridized carbons (Fsp3) is 0.235. The highest BCUT2D eigenvalue weighted by Crippen LogP contribution is 2.24. The summed E-state index contributed by atoms with van der Waals surface area (Å²) in [6, 6.07) is 12.3. The molecule has 0 aliphatic carbocycles. The number of nitriles is 1. The van der Waals surface area contributed by atoms with Gasteiger partial charge in [-0.05, 0) is 39.0 Å². The molecule has 0 fully saturated rings. The van der Waals surface area contributed by atoms with Gasteiger partial charge in [0.25, 0.3) is 0 Å². The Morgan fingerprint density at radius 3 is 2.33 bits per heavy atom. The number of hydrogen-bond acceptors (Lipinski definition) is 4. The largest absolute Gasteiger partial charge is 0.591 e. The first-order valence-electron chi connectivity index (χ1n) is 7.06. The maximum atomic E-state index is 12.6. The first-order valence-corrected chi connectivity index (χ1v) is 8.92. The minimum Gasteiger partial charge on any atom is -0.591 e. The number of halogens is 2. The molecule has 2 aromatic rings. The molecule has 0 aliphatic rings. The van der Waals surface area contributed by atoms with Crippen molar-refractivity contribution in [1.82, 2.24) is 4.98 Å². The van der Waals surface area contributed by atoms with Crippen LogP contribution in [0.1, 0.15) is 37.5 Å². The van der Waals surface area contributed by atoms with Gasteiger partial charge >= 0.3 is 0 Å². The van der Waals surface area contributed by atoms with E-state index in [0.717, 1.165) is 0 Å². The molecule has 0 spiro atoms. The summed E-state index contributed by atoms with van der Waals surface area (Å²) >= 11 is 10.5. The van der Waals surface area contributed by atoms with Crippen LogP contribution in [0.2, 0.25) is 10.3 Å². The molecule has 1 aromatic heterocycles. The molecule has 24 heavy (non-hydrogen) atoms. The average molecular weight is 380 g/mol. The van der Waals surface area contributed by atoms with Crippen LogP contribution in [0.5, 0.6) is 0 Å². The summed E-state index contributed by atoms with van der Waals surface area (Å²) in [6.45, 7) is 5.48. The molecule has 0 radical (unpaired) electrons. The van der Waals surface area contributed by atoms with Gasteiger partial charge in [0, 0.05) is 11.1 Å². The summed E-state index contributed by atoms with van der Waals surface area (Å²) in [5, 5.41) is 9.76. The second-order valence-corrected chi connectivity index (χ2v) is 8.64. The molecule has 0 bridgehead atoms. The van der Waals surface area contributed by atoms with Crippen molar-refractivity contribution in [1.29, 1.82) is 5.26 Å². The van der Waals surface area contributed by atoms with E-state index in [1.54, 1.807) is 36.4 Å². The van der Waals surface area contributed by atoms with Crippen LogP contribution in [0.25, 0.3) is 0 Å². The molecule has 0 amide bonds. The molecule has 0 aliphatic heterocycles. The van der Waals surface area contributed by atoms with Crippen LogP contribution in [0.3, 0.4) is 0 Å². The predicted molar refractivity (Wildman–Crippen MR) is 98.9 cm³/mol. The maximum Gasteiger partial charge on any atom is 0.144 e. The Kier molecular flexibility index (Phi) is 5.89. The summed E-state index contributed by atoms with van der Waals surface area (Å²) < 4.78 is 16.4. The summed E-state index contributed by atoms with van der Waals surface area (Å²) in [5.74, 6) is 0. The zero-order chi connectivity index (χ0) is 17.9. The van der Waals surface area contributed by atoms with Gasteiger partial charge in [0.1, 0.15) is 32.1 Å². The van der Waals surface area contributed by atoms with Crippen LogP contribution in [-0.4, -0.2) is 20.0 Å². The molecule has 1 unspecified atom stereocenters. The fourth-order valence-electron chi connectivity index (χ4n) is 1.87. The quantitative estimate of drug-likeness (QED) is 0.445. The summed E-state index contributed by atoms with van der Waals surface area (Å²) in [7, 11) is 0. The molecule has 0 saturated carbocycles. The van der Waals surface area contributed by atoms with E-state index in [4.69, 9.17) is 23.2 Å². The van der Waals surface area contributed by atoms with Crippen LogP contribution in [0, 0.1) is 11.3 Å². The van der Waals surface area contributed by atoms with E-state index < -0.39 is 16.1 Å². The molecular weight excluding hydrogens is 365 g/mol. The van der Waals surface area contributed by atoms with Gasteiger partial charge in [0.15, 0.2) is 0 Å². The standard InChI is InChI=1S/C17H15Cl2N3OS/c1-17(2,3)24(23)22-16(12-8-14(18)21-15(19)9-12)13-7-5-4-6-11(13)10-20/h4-9H,1-3H3. The summed E-state index contributed by atoms with van der Waals surface area (Å²) in [6.07, 6.45) is 0. The van der Waals surface area contributed by atoms with Crippen molar-refractivity contribution in [3.05, 3.63) is 63.4 Å². The van der Waals surface area contributed by atoms with E-state index >= 15 is 0 Å². The van der Waals surface area contributed by atoms with E-state index in [9.17, 15) is 9.81 Å². The normalized spacial score (nSPS) is 13.5. The van der Waals surface area contributed by atoms with Crippen molar-refractivity contribution < 1.29 is 4.55 Å². The number of hydrogen-bond donors (Lipinski definition) is 0. The zero-order valence-corrected chi connectivity index (χ0v) is 15.7. The van der Waals surface area contributed by atoms with Crippen LogP contribution in [0.4, 0.5) is 0 Å². The Labute approximate surface area is 154 Å². The van der Waals surface area contributed by atoms with Crippen LogP contribution in [0.15, 0.2) is 40.8 Å². The van der Waals surface area contributed by atoms with Crippen molar-refractivity contribution in [3.63, 3.8) is 0 Å². The molecule has 2 rings (SSSR count). The van der Waals surface area contributed by atoms with Gasteiger partial charge in [-0.25, -0.2) is 4.98 Å². The van der Waals surface area contributed by atoms with Gasteiger partial charge in [0.2, 0.25) is 0 Å². The van der Waals surface area contributed by atoms with E-state index in [2.05, 4.69) is 15.5 Å². The zero-order valence-electron chi connectivity index (χ0n) is 13.4. The van der Waals surface area contributed by atoms with Gasteiger partial charge in [-0.15, -0.1) is 0 Å². The van der Waals surface area contributed by atoms with Crippen molar-refractivity contribution in [2.24, 2.45) is 4.40 Å². The number of pyridine rings is 1. The number of rotatable bonds is 3. The lowest BCUT2D eigenvalue weighted by molar-refractivity contribution is 0.561. The highest BCUT2D eigenvalue weighted by molar-refractivity contribution is 7.91. The first-order chi connectivity index (χ1) is 11.2. The summed E-state index contributed by atoms with van der Waals surface area (Å²) in [5.41, 5.74) is 1.94. The predicted octanol–water partition coefficient (Wildman–Crippen LogP) is 4.56. The Morgan fingerprint density at radius 1 is 1.21 bits per heavy atom. The highest BCUT2D eigenvalue weighted by atomic mass is 35.5. The smallest absolute Gasteiger partial charge is 0.144 e. The third kappa shape index (κ3) is 4.49. The Morgan fingerprint density at radius 2 is 1.79 bits per heavy atom. The molecule has 4 nitrogen and oxygen atoms in total. The lowest BCUT2D eigenvalue weighted by Crippen LogP contribution is -2.27. The number of aromatic nitrogens is 1. The van der Waals surface area contributed by atoms with E-state index in [-0.39, 0.29) is 10.3 Å². The summed E-state index contributed by atoms with van der Waals surface area (Å²) in [4.78, 5) is 3.92. The lowest BCUT2D eigenvalue weighted by Gasteiger charge is -2.20. The lowest BCUT2D eigenvalue weighted by atomic mass is 9.99. The van der Waals surface area contributed by atoms with Gasteiger partial charge in [-0.3, -0.25) is 0 Å². The van der Waals surface area contributed by atoms with Crippen LogP contribution < -0.4 is 0 Å². The SMILES string of the molecule is CC(C)(C)[S+]([O-])N=C(c1cc(Cl)nc(Cl)c1)c1ccccc1C#N. The Balaban J connectivity index is 2.71. The number of benzene rings is 1. The van der Waals surface area contributed by atoms with Crippen LogP contribution >= 0.6 is 23.2 Å². The maximum absolute atomic E-state index is 12.6. The fourth-order valence-corrected chi connectivity index (χ4v) is 2.97. The second-order valence-electron chi connectivity index (χ2n) is 5.96. The van der Waals surface area contributed by atoms with Crippen molar-refractivity contribution in [2.45, 2.75) is 25.5 Å². The average Bonchev–Trinajstić information content (AvgIpc) is 2.50. The molecule has 1 aromatic carbocycles.